The van der Waals surface area contributed by atoms with Crippen LogP contribution in [0.2, 0.25) is 0 Å². The standard InChI is InChI=1S/C19H21NO5/c1-22-15-10-9-14(12-17(15)24-3)20-18(21)11-8-13-6-5-7-16(23-2)19(13)25-4/h5-12H,1-4H3,(H,20,21)/b11-8+. The van der Waals surface area contributed by atoms with Crippen molar-refractivity contribution in [3.05, 3.63) is 48.0 Å². The molecule has 0 unspecified atom stereocenters. The van der Waals surface area contributed by atoms with E-state index >= 15 is 0 Å². The topological polar surface area (TPSA) is 66.0 Å². The van der Waals surface area contributed by atoms with Crippen molar-refractivity contribution in [3.63, 3.8) is 0 Å². The summed E-state index contributed by atoms with van der Waals surface area (Å²) in [6.45, 7) is 0. The van der Waals surface area contributed by atoms with Crippen molar-refractivity contribution in [2.75, 3.05) is 33.8 Å². The lowest BCUT2D eigenvalue weighted by Gasteiger charge is -2.10. The van der Waals surface area contributed by atoms with E-state index in [4.69, 9.17) is 18.9 Å². The summed E-state index contributed by atoms with van der Waals surface area (Å²) in [5, 5.41) is 2.77. The van der Waals surface area contributed by atoms with Gasteiger partial charge in [0.15, 0.2) is 23.0 Å². The third-order valence-corrected chi connectivity index (χ3v) is 3.50. The molecule has 1 N–H and O–H groups in total. The van der Waals surface area contributed by atoms with Crippen LogP contribution in [0.1, 0.15) is 5.56 Å². The summed E-state index contributed by atoms with van der Waals surface area (Å²) in [6.07, 6.45) is 3.09. The number of methoxy groups -OCH3 is 4. The van der Waals surface area contributed by atoms with E-state index in [1.54, 1.807) is 58.8 Å². The molecule has 6 nitrogen and oxygen atoms in total. The van der Waals surface area contributed by atoms with Gasteiger partial charge in [0.25, 0.3) is 0 Å². The zero-order valence-electron chi connectivity index (χ0n) is 14.7. The van der Waals surface area contributed by atoms with E-state index in [0.717, 1.165) is 5.56 Å². The second-order valence-electron chi connectivity index (χ2n) is 4.98. The summed E-state index contributed by atoms with van der Waals surface area (Å²) in [5.41, 5.74) is 1.34. The van der Waals surface area contributed by atoms with Gasteiger partial charge in [0, 0.05) is 23.4 Å². The van der Waals surface area contributed by atoms with Crippen LogP contribution < -0.4 is 24.3 Å². The van der Waals surface area contributed by atoms with Gasteiger partial charge in [-0.1, -0.05) is 12.1 Å². The smallest absolute Gasteiger partial charge is 0.248 e. The molecule has 0 aliphatic carbocycles. The molecule has 0 atom stereocenters. The van der Waals surface area contributed by atoms with E-state index in [2.05, 4.69) is 5.32 Å². The van der Waals surface area contributed by atoms with Crippen molar-refractivity contribution in [2.24, 2.45) is 0 Å². The molecule has 0 aliphatic heterocycles. The Morgan fingerprint density at radius 3 is 2.24 bits per heavy atom. The molecular formula is C19H21NO5. The van der Waals surface area contributed by atoms with Crippen LogP contribution in [0.15, 0.2) is 42.5 Å². The zero-order chi connectivity index (χ0) is 18.2. The highest BCUT2D eigenvalue weighted by Crippen LogP contribution is 2.32. The molecule has 6 heteroatoms. The molecule has 2 aromatic carbocycles. The Labute approximate surface area is 147 Å². The second-order valence-corrected chi connectivity index (χ2v) is 4.98. The number of carbonyl (C=O) groups is 1. The maximum absolute atomic E-state index is 12.2. The van der Waals surface area contributed by atoms with Gasteiger partial charge in [-0.25, -0.2) is 0 Å². The minimum Gasteiger partial charge on any atom is -0.493 e. The van der Waals surface area contributed by atoms with Gasteiger partial charge in [0.05, 0.1) is 28.4 Å². The van der Waals surface area contributed by atoms with Gasteiger partial charge in [-0.15, -0.1) is 0 Å². The Morgan fingerprint density at radius 2 is 1.60 bits per heavy atom. The summed E-state index contributed by atoms with van der Waals surface area (Å²) >= 11 is 0. The quantitative estimate of drug-likeness (QED) is 0.781. The number of hydrogen-bond donors (Lipinski definition) is 1. The third-order valence-electron chi connectivity index (χ3n) is 3.50. The average molecular weight is 343 g/mol. The first kappa shape index (κ1) is 18.2. The second kappa shape index (κ2) is 8.63. The Balaban J connectivity index is 2.14. The number of hydrogen-bond acceptors (Lipinski definition) is 5. The van der Waals surface area contributed by atoms with Crippen LogP contribution in [0.5, 0.6) is 23.0 Å². The molecular weight excluding hydrogens is 322 g/mol. The van der Waals surface area contributed by atoms with Crippen molar-refractivity contribution >= 4 is 17.7 Å². The highest BCUT2D eigenvalue weighted by molar-refractivity contribution is 6.02. The van der Waals surface area contributed by atoms with Crippen molar-refractivity contribution in [1.29, 1.82) is 0 Å². The van der Waals surface area contributed by atoms with Gasteiger partial charge < -0.3 is 24.3 Å². The van der Waals surface area contributed by atoms with Gasteiger partial charge >= 0.3 is 0 Å². The number of benzene rings is 2. The fourth-order valence-corrected chi connectivity index (χ4v) is 2.31. The lowest BCUT2D eigenvalue weighted by Crippen LogP contribution is -2.08. The molecule has 0 fully saturated rings. The van der Waals surface area contributed by atoms with Crippen molar-refractivity contribution in [1.82, 2.24) is 0 Å². The number of ether oxygens (including phenoxy) is 4. The Kier molecular flexibility index (Phi) is 6.28. The molecule has 0 saturated carbocycles. The molecule has 1 amide bonds. The Bertz CT molecular complexity index is 770. The number of carbonyl (C=O) groups excluding carboxylic acids is 1. The minimum atomic E-state index is -0.280. The Morgan fingerprint density at radius 1 is 0.880 bits per heavy atom. The molecule has 0 saturated heterocycles. The van der Waals surface area contributed by atoms with Crippen LogP contribution in [0.25, 0.3) is 6.08 Å². The summed E-state index contributed by atoms with van der Waals surface area (Å²) in [7, 11) is 6.22. The lowest BCUT2D eigenvalue weighted by molar-refractivity contribution is -0.111. The molecule has 25 heavy (non-hydrogen) atoms. The van der Waals surface area contributed by atoms with E-state index in [0.29, 0.717) is 28.7 Å². The van der Waals surface area contributed by atoms with Crippen LogP contribution in [-0.2, 0) is 4.79 Å². The van der Waals surface area contributed by atoms with Gasteiger partial charge in [-0.2, -0.15) is 0 Å². The SMILES string of the molecule is COc1ccc(NC(=O)/C=C/c2cccc(OC)c2OC)cc1OC. The molecule has 0 aliphatic rings. The first-order valence-electron chi connectivity index (χ1n) is 7.55. The minimum absolute atomic E-state index is 0.280. The summed E-state index contributed by atoms with van der Waals surface area (Å²) in [4.78, 5) is 12.2. The fraction of sp³-hybridized carbons (Fsp3) is 0.211. The van der Waals surface area contributed by atoms with Crippen LogP contribution >= 0.6 is 0 Å². The normalized spacial score (nSPS) is 10.4. The van der Waals surface area contributed by atoms with Crippen molar-refractivity contribution < 1.29 is 23.7 Å². The Hall–Kier alpha value is -3.15. The van der Waals surface area contributed by atoms with E-state index < -0.39 is 0 Å². The van der Waals surface area contributed by atoms with E-state index in [-0.39, 0.29) is 5.91 Å². The number of anilines is 1. The first-order valence-corrected chi connectivity index (χ1v) is 7.55. The monoisotopic (exact) mass is 343 g/mol. The number of amides is 1. The first-order chi connectivity index (χ1) is 12.1. The summed E-state index contributed by atoms with van der Waals surface area (Å²) in [5.74, 6) is 2.03. The number of rotatable bonds is 7. The lowest BCUT2D eigenvalue weighted by atomic mass is 10.1. The van der Waals surface area contributed by atoms with Crippen LogP contribution in [0.3, 0.4) is 0 Å². The predicted molar refractivity (Wildman–Crippen MR) is 96.8 cm³/mol. The summed E-state index contributed by atoms with van der Waals surface area (Å²) < 4.78 is 21.0. The summed E-state index contributed by atoms with van der Waals surface area (Å²) in [6, 6.07) is 10.6. The van der Waals surface area contributed by atoms with Crippen molar-refractivity contribution in [2.45, 2.75) is 0 Å². The molecule has 0 bridgehead atoms. The van der Waals surface area contributed by atoms with Gasteiger partial charge in [0.1, 0.15) is 0 Å². The van der Waals surface area contributed by atoms with Crippen LogP contribution in [0.4, 0.5) is 5.69 Å². The highest BCUT2D eigenvalue weighted by atomic mass is 16.5. The molecule has 0 heterocycles. The third kappa shape index (κ3) is 4.44. The van der Waals surface area contributed by atoms with Crippen LogP contribution in [0, 0.1) is 0 Å². The predicted octanol–water partition coefficient (Wildman–Crippen LogP) is 3.37. The molecule has 0 aromatic heterocycles. The molecule has 2 aromatic rings. The largest absolute Gasteiger partial charge is 0.493 e. The molecule has 2 rings (SSSR count). The maximum Gasteiger partial charge on any atom is 0.248 e. The highest BCUT2D eigenvalue weighted by Gasteiger charge is 2.08. The molecule has 0 radical (unpaired) electrons. The van der Waals surface area contributed by atoms with Gasteiger partial charge in [-0.05, 0) is 24.3 Å². The zero-order valence-corrected chi connectivity index (χ0v) is 14.7. The van der Waals surface area contributed by atoms with E-state index in [1.165, 1.54) is 6.08 Å². The molecule has 132 valence electrons. The van der Waals surface area contributed by atoms with Crippen molar-refractivity contribution in [3.8, 4) is 23.0 Å². The van der Waals surface area contributed by atoms with E-state index in [9.17, 15) is 4.79 Å². The van der Waals surface area contributed by atoms with E-state index in [1.807, 2.05) is 12.1 Å². The number of nitrogens with one attached hydrogen (secondary N) is 1. The molecule has 0 spiro atoms. The fourth-order valence-electron chi connectivity index (χ4n) is 2.31. The van der Waals surface area contributed by atoms with Gasteiger partial charge in [-0.3, -0.25) is 4.79 Å². The maximum atomic E-state index is 12.2. The number of para-hydroxylation sites is 1. The average Bonchev–Trinajstić information content (AvgIpc) is 2.65. The van der Waals surface area contributed by atoms with Gasteiger partial charge in [0.2, 0.25) is 5.91 Å². The van der Waals surface area contributed by atoms with Crippen LogP contribution in [-0.4, -0.2) is 34.3 Å².